The minimum atomic E-state index is 0.322. The van der Waals surface area contributed by atoms with E-state index in [-0.39, 0.29) is 0 Å². The van der Waals surface area contributed by atoms with Crippen molar-refractivity contribution in [3.63, 3.8) is 0 Å². The standard InChI is InChI=1S/C16H27NO/c1-16(2,11-13-18-3)14-17-12-7-10-15-8-5-4-6-9-15/h4-6,8-9,17H,7,10-14H2,1-3H3. The molecule has 2 heteroatoms. The predicted molar refractivity (Wildman–Crippen MR) is 77.9 cm³/mol. The predicted octanol–water partition coefficient (Wildman–Crippen LogP) is 3.27. The van der Waals surface area contributed by atoms with Gasteiger partial charge in [0.15, 0.2) is 0 Å². The molecule has 0 amide bonds. The van der Waals surface area contributed by atoms with Gasteiger partial charge in [0.05, 0.1) is 0 Å². The fourth-order valence-corrected chi connectivity index (χ4v) is 1.96. The molecule has 0 aliphatic rings. The lowest BCUT2D eigenvalue weighted by atomic mass is 9.89. The van der Waals surface area contributed by atoms with Gasteiger partial charge in [-0.15, -0.1) is 0 Å². The van der Waals surface area contributed by atoms with Crippen LogP contribution < -0.4 is 5.32 Å². The van der Waals surface area contributed by atoms with Crippen molar-refractivity contribution in [3.8, 4) is 0 Å². The summed E-state index contributed by atoms with van der Waals surface area (Å²) in [4.78, 5) is 0. The van der Waals surface area contributed by atoms with Crippen LogP contribution in [0.15, 0.2) is 30.3 Å². The van der Waals surface area contributed by atoms with E-state index in [0.29, 0.717) is 5.41 Å². The maximum Gasteiger partial charge on any atom is 0.0467 e. The van der Waals surface area contributed by atoms with Crippen LogP contribution in [0.1, 0.15) is 32.3 Å². The number of hydrogen-bond donors (Lipinski definition) is 1. The average Bonchev–Trinajstić information content (AvgIpc) is 2.37. The maximum absolute atomic E-state index is 5.14. The van der Waals surface area contributed by atoms with Gasteiger partial charge in [0, 0.05) is 20.3 Å². The number of benzene rings is 1. The number of rotatable bonds is 9. The van der Waals surface area contributed by atoms with Gasteiger partial charge < -0.3 is 10.1 Å². The first-order chi connectivity index (χ1) is 8.64. The van der Waals surface area contributed by atoms with Crippen LogP contribution >= 0.6 is 0 Å². The Kier molecular flexibility index (Phi) is 6.99. The fraction of sp³-hybridized carbons (Fsp3) is 0.625. The monoisotopic (exact) mass is 249 g/mol. The summed E-state index contributed by atoms with van der Waals surface area (Å²) in [5.74, 6) is 0. The molecule has 0 unspecified atom stereocenters. The van der Waals surface area contributed by atoms with Gasteiger partial charge in [-0.3, -0.25) is 0 Å². The van der Waals surface area contributed by atoms with Gasteiger partial charge in [-0.2, -0.15) is 0 Å². The van der Waals surface area contributed by atoms with Crippen molar-refractivity contribution in [2.75, 3.05) is 26.8 Å². The van der Waals surface area contributed by atoms with Crippen LogP contribution in [-0.4, -0.2) is 26.8 Å². The van der Waals surface area contributed by atoms with Crippen molar-refractivity contribution in [2.45, 2.75) is 33.1 Å². The lowest BCUT2D eigenvalue weighted by Crippen LogP contribution is -2.31. The Morgan fingerprint density at radius 3 is 2.56 bits per heavy atom. The highest BCUT2D eigenvalue weighted by molar-refractivity contribution is 5.14. The number of ether oxygens (including phenoxy) is 1. The SMILES string of the molecule is COCCC(C)(C)CNCCCc1ccccc1. The van der Waals surface area contributed by atoms with Gasteiger partial charge in [-0.1, -0.05) is 44.2 Å². The van der Waals surface area contributed by atoms with E-state index >= 15 is 0 Å². The molecule has 102 valence electrons. The largest absolute Gasteiger partial charge is 0.385 e. The molecule has 1 N–H and O–H groups in total. The highest BCUT2D eigenvalue weighted by atomic mass is 16.5. The van der Waals surface area contributed by atoms with Gasteiger partial charge in [0.2, 0.25) is 0 Å². The lowest BCUT2D eigenvalue weighted by Gasteiger charge is -2.24. The van der Waals surface area contributed by atoms with E-state index in [1.54, 1.807) is 7.11 Å². The molecule has 2 nitrogen and oxygen atoms in total. The van der Waals surface area contributed by atoms with E-state index in [0.717, 1.165) is 32.5 Å². The normalized spacial score (nSPS) is 11.7. The Morgan fingerprint density at radius 2 is 1.89 bits per heavy atom. The molecule has 0 spiro atoms. The summed E-state index contributed by atoms with van der Waals surface area (Å²) >= 11 is 0. The molecule has 0 fully saturated rings. The summed E-state index contributed by atoms with van der Waals surface area (Å²) < 4.78 is 5.14. The third kappa shape index (κ3) is 6.77. The van der Waals surface area contributed by atoms with E-state index in [2.05, 4.69) is 49.5 Å². The Balaban J connectivity index is 2.08. The second-order valence-electron chi connectivity index (χ2n) is 5.67. The summed E-state index contributed by atoms with van der Waals surface area (Å²) in [6, 6.07) is 10.7. The molecule has 0 aliphatic heterocycles. The van der Waals surface area contributed by atoms with E-state index in [1.807, 2.05) is 0 Å². The van der Waals surface area contributed by atoms with Crippen molar-refractivity contribution in [1.29, 1.82) is 0 Å². The molecule has 0 saturated heterocycles. The minimum absolute atomic E-state index is 0.322. The Morgan fingerprint density at radius 1 is 1.17 bits per heavy atom. The van der Waals surface area contributed by atoms with Gasteiger partial charge in [0.1, 0.15) is 0 Å². The highest BCUT2D eigenvalue weighted by Crippen LogP contribution is 2.18. The first-order valence-electron chi connectivity index (χ1n) is 6.88. The highest BCUT2D eigenvalue weighted by Gasteiger charge is 2.16. The number of hydrogen-bond acceptors (Lipinski definition) is 2. The van der Waals surface area contributed by atoms with Crippen LogP contribution in [0.25, 0.3) is 0 Å². The zero-order valence-electron chi connectivity index (χ0n) is 12.0. The van der Waals surface area contributed by atoms with Crippen molar-refractivity contribution >= 4 is 0 Å². The van der Waals surface area contributed by atoms with E-state index in [9.17, 15) is 0 Å². The molecule has 0 heterocycles. The molecule has 0 atom stereocenters. The molecule has 0 bridgehead atoms. The molecule has 1 aromatic rings. The summed E-state index contributed by atoms with van der Waals surface area (Å²) in [7, 11) is 1.77. The molecule has 1 aromatic carbocycles. The van der Waals surface area contributed by atoms with E-state index in [1.165, 1.54) is 12.0 Å². The Hall–Kier alpha value is -0.860. The summed E-state index contributed by atoms with van der Waals surface area (Å²) in [6.45, 7) is 7.57. The topological polar surface area (TPSA) is 21.3 Å². The van der Waals surface area contributed by atoms with Crippen LogP contribution in [0, 0.1) is 5.41 Å². The lowest BCUT2D eigenvalue weighted by molar-refractivity contribution is 0.151. The van der Waals surface area contributed by atoms with Crippen molar-refractivity contribution in [3.05, 3.63) is 35.9 Å². The second kappa shape index (κ2) is 8.28. The Labute approximate surface area is 112 Å². The molecule has 18 heavy (non-hydrogen) atoms. The molecule has 0 aromatic heterocycles. The minimum Gasteiger partial charge on any atom is -0.385 e. The van der Waals surface area contributed by atoms with Crippen molar-refractivity contribution in [1.82, 2.24) is 5.32 Å². The quantitative estimate of drug-likeness (QED) is 0.678. The van der Waals surface area contributed by atoms with Crippen LogP contribution in [0.3, 0.4) is 0 Å². The summed E-state index contributed by atoms with van der Waals surface area (Å²) in [6.07, 6.45) is 3.46. The molecule has 0 aliphatic carbocycles. The molecular weight excluding hydrogens is 222 g/mol. The van der Waals surface area contributed by atoms with Crippen LogP contribution in [0.5, 0.6) is 0 Å². The third-order valence-corrected chi connectivity index (χ3v) is 3.25. The third-order valence-electron chi connectivity index (χ3n) is 3.25. The average molecular weight is 249 g/mol. The van der Waals surface area contributed by atoms with Crippen LogP contribution in [-0.2, 0) is 11.2 Å². The van der Waals surface area contributed by atoms with Gasteiger partial charge in [0.25, 0.3) is 0 Å². The fourth-order valence-electron chi connectivity index (χ4n) is 1.96. The van der Waals surface area contributed by atoms with Crippen LogP contribution in [0.2, 0.25) is 0 Å². The number of nitrogens with one attached hydrogen (secondary N) is 1. The summed E-state index contributed by atoms with van der Waals surface area (Å²) in [5.41, 5.74) is 1.75. The van der Waals surface area contributed by atoms with Crippen molar-refractivity contribution < 1.29 is 4.74 Å². The second-order valence-corrected chi connectivity index (χ2v) is 5.67. The van der Waals surface area contributed by atoms with Gasteiger partial charge in [-0.05, 0) is 36.8 Å². The van der Waals surface area contributed by atoms with Crippen molar-refractivity contribution in [2.24, 2.45) is 5.41 Å². The molecule has 1 rings (SSSR count). The van der Waals surface area contributed by atoms with Gasteiger partial charge in [-0.25, -0.2) is 0 Å². The first-order valence-corrected chi connectivity index (χ1v) is 6.88. The number of aryl methyl sites for hydroxylation is 1. The summed E-state index contributed by atoms with van der Waals surface area (Å²) in [5, 5.41) is 3.55. The Bertz CT molecular complexity index is 308. The maximum atomic E-state index is 5.14. The zero-order chi connectivity index (χ0) is 13.3. The molecule has 0 radical (unpaired) electrons. The van der Waals surface area contributed by atoms with Gasteiger partial charge >= 0.3 is 0 Å². The van der Waals surface area contributed by atoms with Crippen LogP contribution in [0.4, 0.5) is 0 Å². The number of methoxy groups -OCH3 is 1. The smallest absolute Gasteiger partial charge is 0.0467 e. The first kappa shape index (κ1) is 15.2. The van der Waals surface area contributed by atoms with E-state index < -0.39 is 0 Å². The van der Waals surface area contributed by atoms with E-state index in [4.69, 9.17) is 4.74 Å². The zero-order valence-corrected chi connectivity index (χ0v) is 12.0. The molecular formula is C16H27NO. The molecule has 0 saturated carbocycles.